The topological polar surface area (TPSA) is 49.8 Å². The van der Waals surface area contributed by atoms with Gasteiger partial charge in [-0.15, -0.1) is 0 Å². The first-order valence-corrected chi connectivity index (χ1v) is 6.06. The van der Waals surface area contributed by atoms with Crippen molar-refractivity contribution < 1.29 is 14.6 Å². The van der Waals surface area contributed by atoms with Crippen LogP contribution in [-0.2, 0) is 4.79 Å². The van der Waals surface area contributed by atoms with Crippen molar-refractivity contribution in [1.82, 2.24) is 4.90 Å². The van der Waals surface area contributed by atoms with Gasteiger partial charge >= 0.3 is 0 Å². The molecule has 18 heavy (non-hydrogen) atoms. The van der Waals surface area contributed by atoms with Crippen molar-refractivity contribution in [3.63, 3.8) is 0 Å². The Morgan fingerprint density at radius 1 is 1.39 bits per heavy atom. The van der Waals surface area contributed by atoms with Crippen LogP contribution in [0.5, 0.6) is 5.75 Å². The fraction of sp³-hybridized carbons (Fsp3) is 0.462. The molecule has 0 aromatic heterocycles. The van der Waals surface area contributed by atoms with Crippen molar-refractivity contribution in [2.75, 3.05) is 14.1 Å². The molecule has 0 heterocycles. The molecule has 0 radical (unpaired) electrons. The summed E-state index contributed by atoms with van der Waals surface area (Å²) in [7, 11) is 3.33. The van der Waals surface area contributed by atoms with Crippen LogP contribution in [0.15, 0.2) is 18.2 Å². The van der Waals surface area contributed by atoms with Crippen LogP contribution >= 0.6 is 11.6 Å². The molecule has 0 aliphatic heterocycles. The molecule has 0 aliphatic rings. The van der Waals surface area contributed by atoms with Crippen molar-refractivity contribution in [3.8, 4) is 5.75 Å². The number of rotatable bonds is 4. The van der Waals surface area contributed by atoms with Crippen LogP contribution < -0.4 is 4.74 Å². The lowest BCUT2D eigenvalue weighted by molar-refractivity contribution is -0.135. The van der Waals surface area contributed by atoms with Gasteiger partial charge in [0.2, 0.25) is 0 Å². The van der Waals surface area contributed by atoms with Gasteiger partial charge in [-0.2, -0.15) is 0 Å². The maximum atomic E-state index is 11.7. The minimum absolute atomic E-state index is 0.138. The molecule has 1 unspecified atom stereocenters. The van der Waals surface area contributed by atoms with Gasteiger partial charge in [0.1, 0.15) is 5.75 Å². The summed E-state index contributed by atoms with van der Waals surface area (Å²) in [5, 5.41) is 10.2. The molecule has 0 spiro atoms. The van der Waals surface area contributed by atoms with E-state index in [9.17, 15) is 9.90 Å². The monoisotopic (exact) mass is 271 g/mol. The van der Waals surface area contributed by atoms with Gasteiger partial charge in [-0.3, -0.25) is 4.79 Å². The molecule has 4 nitrogen and oxygen atoms in total. The Kier molecular flexibility index (Phi) is 4.99. The zero-order valence-corrected chi connectivity index (χ0v) is 11.7. The summed E-state index contributed by atoms with van der Waals surface area (Å²) in [6, 6.07) is 4.95. The largest absolute Gasteiger partial charge is 0.481 e. The van der Waals surface area contributed by atoms with Crippen LogP contribution in [-0.4, -0.2) is 36.1 Å². The third-order valence-electron chi connectivity index (χ3n) is 2.51. The predicted octanol–water partition coefficient (Wildman–Crippen LogP) is 2.25. The number of likely N-dealkylation sites (N-methyl/N-ethyl adjacent to an activating group) is 1. The van der Waals surface area contributed by atoms with E-state index < -0.39 is 12.2 Å². The Labute approximate surface area is 112 Å². The summed E-state index contributed by atoms with van der Waals surface area (Å²) in [6.45, 7) is 3.29. The average molecular weight is 272 g/mol. The Bertz CT molecular complexity index is 432. The van der Waals surface area contributed by atoms with Crippen molar-refractivity contribution in [2.24, 2.45) is 0 Å². The molecule has 0 aliphatic carbocycles. The molecule has 5 heteroatoms. The molecular weight excluding hydrogens is 254 g/mol. The Morgan fingerprint density at radius 3 is 2.50 bits per heavy atom. The Hall–Kier alpha value is -1.26. The second-order valence-corrected chi connectivity index (χ2v) is 4.79. The van der Waals surface area contributed by atoms with Gasteiger partial charge < -0.3 is 14.7 Å². The average Bonchev–Trinajstić information content (AvgIpc) is 2.29. The Morgan fingerprint density at radius 2 is 2.00 bits per heavy atom. The number of hydrogen-bond acceptors (Lipinski definition) is 3. The minimum Gasteiger partial charge on any atom is -0.481 e. The van der Waals surface area contributed by atoms with E-state index in [0.717, 1.165) is 0 Å². The number of halogens is 1. The lowest BCUT2D eigenvalue weighted by Crippen LogP contribution is -2.35. The van der Waals surface area contributed by atoms with Crippen molar-refractivity contribution >= 4 is 17.5 Å². The van der Waals surface area contributed by atoms with Crippen LogP contribution in [0.3, 0.4) is 0 Å². The highest BCUT2D eigenvalue weighted by atomic mass is 35.5. The maximum absolute atomic E-state index is 11.7. The molecule has 100 valence electrons. The van der Waals surface area contributed by atoms with E-state index in [1.807, 2.05) is 0 Å². The number of aliphatic hydroxyl groups excluding tert-OH is 1. The minimum atomic E-state index is -0.708. The fourth-order valence-corrected chi connectivity index (χ4v) is 1.74. The fourth-order valence-electron chi connectivity index (χ4n) is 1.56. The number of amides is 1. The number of aliphatic hydroxyl groups is 1. The first kappa shape index (κ1) is 14.8. The number of ether oxygens (including phenoxy) is 1. The molecule has 0 fully saturated rings. The first-order valence-electron chi connectivity index (χ1n) is 5.68. The lowest BCUT2D eigenvalue weighted by Gasteiger charge is -2.20. The highest BCUT2D eigenvalue weighted by molar-refractivity contribution is 6.30. The van der Waals surface area contributed by atoms with Crippen LogP contribution in [0.25, 0.3) is 0 Å². The van der Waals surface area contributed by atoms with E-state index in [2.05, 4.69) is 0 Å². The smallest absolute Gasteiger partial charge is 0.262 e. The quantitative estimate of drug-likeness (QED) is 0.914. The molecule has 1 N–H and O–H groups in total. The van der Waals surface area contributed by atoms with Crippen molar-refractivity contribution in [2.45, 2.75) is 26.1 Å². The second-order valence-electron chi connectivity index (χ2n) is 4.35. The van der Waals surface area contributed by atoms with E-state index >= 15 is 0 Å². The van der Waals surface area contributed by atoms with Gasteiger partial charge in [0.15, 0.2) is 6.10 Å². The zero-order valence-electron chi connectivity index (χ0n) is 11.0. The third-order valence-corrected chi connectivity index (χ3v) is 2.75. The maximum Gasteiger partial charge on any atom is 0.262 e. The molecular formula is C13H18ClNO3. The van der Waals surface area contributed by atoms with Gasteiger partial charge in [-0.1, -0.05) is 11.6 Å². The predicted molar refractivity (Wildman–Crippen MR) is 70.9 cm³/mol. The van der Waals surface area contributed by atoms with E-state index in [1.54, 1.807) is 46.1 Å². The normalized spacial score (nSPS) is 13.9. The molecule has 1 rings (SSSR count). The van der Waals surface area contributed by atoms with E-state index in [0.29, 0.717) is 16.3 Å². The lowest BCUT2D eigenvalue weighted by atomic mass is 10.1. The van der Waals surface area contributed by atoms with Crippen molar-refractivity contribution in [3.05, 3.63) is 28.8 Å². The van der Waals surface area contributed by atoms with Gasteiger partial charge in [-0.05, 0) is 32.0 Å². The van der Waals surface area contributed by atoms with E-state index in [-0.39, 0.29) is 5.91 Å². The van der Waals surface area contributed by atoms with Gasteiger partial charge in [0.25, 0.3) is 5.91 Å². The molecule has 1 aromatic rings. The SMILES string of the molecule is CC(Oc1ccc(Cl)cc1[C@@H](C)O)C(=O)N(C)C. The van der Waals surface area contributed by atoms with Crippen LogP contribution in [0.4, 0.5) is 0 Å². The van der Waals surface area contributed by atoms with Gasteiger partial charge in [-0.25, -0.2) is 0 Å². The number of carbonyl (C=O) groups is 1. The molecule has 0 saturated carbocycles. The molecule has 1 amide bonds. The number of hydrogen-bond donors (Lipinski definition) is 1. The molecule has 1 aromatic carbocycles. The number of carbonyl (C=O) groups excluding carboxylic acids is 1. The molecule has 2 atom stereocenters. The van der Waals surface area contributed by atoms with Crippen LogP contribution in [0.1, 0.15) is 25.5 Å². The van der Waals surface area contributed by atoms with Crippen molar-refractivity contribution in [1.29, 1.82) is 0 Å². The van der Waals surface area contributed by atoms with Crippen LogP contribution in [0.2, 0.25) is 5.02 Å². The summed E-state index contributed by atoms with van der Waals surface area (Å²) < 4.78 is 5.58. The Balaban J connectivity index is 2.94. The van der Waals surface area contributed by atoms with Gasteiger partial charge in [0, 0.05) is 24.7 Å². The van der Waals surface area contributed by atoms with E-state index in [1.165, 1.54) is 4.90 Å². The number of benzene rings is 1. The summed E-state index contributed by atoms with van der Waals surface area (Å²) in [6.07, 6.45) is -1.32. The highest BCUT2D eigenvalue weighted by Gasteiger charge is 2.19. The highest BCUT2D eigenvalue weighted by Crippen LogP contribution is 2.29. The standard InChI is InChI=1S/C13H18ClNO3/c1-8(16)11-7-10(14)5-6-12(11)18-9(2)13(17)15(3)4/h5-9,16H,1-4H3/t8-,9?/m1/s1. The summed E-state index contributed by atoms with van der Waals surface area (Å²) >= 11 is 5.87. The molecule has 0 bridgehead atoms. The summed E-state index contributed by atoms with van der Waals surface area (Å²) in [5.74, 6) is 0.332. The second kappa shape index (κ2) is 6.07. The van der Waals surface area contributed by atoms with Crippen LogP contribution in [0, 0.1) is 0 Å². The van der Waals surface area contributed by atoms with E-state index in [4.69, 9.17) is 16.3 Å². The molecule has 0 saturated heterocycles. The summed E-state index contributed by atoms with van der Waals surface area (Å²) in [4.78, 5) is 13.2. The number of nitrogens with zero attached hydrogens (tertiary/aromatic N) is 1. The third kappa shape index (κ3) is 3.62. The zero-order chi connectivity index (χ0) is 13.9. The first-order chi connectivity index (χ1) is 8.32. The summed E-state index contributed by atoms with van der Waals surface area (Å²) in [5.41, 5.74) is 0.570. The van der Waals surface area contributed by atoms with Gasteiger partial charge in [0.05, 0.1) is 6.10 Å².